The molecule has 3 aromatic rings. The fraction of sp³-hybridized carbons (Fsp3) is 0.120. The van der Waals surface area contributed by atoms with Gasteiger partial charge in [0.2, 0.25) is 0 Å². The van der Waals surface area contributed by atoms with E-state index in [2.05, 4.69) is 21.2 Å². The number of hydrogen-bond acceptors (Lipinski definition) is 6. The van der Waals surface area contributed by atoms with Gasteiger partial charge in [-0.15, -0.1) is 0 Å². The number of hydrogen-bond donors (Lipinski definition) is 3. The number of nitrogens with one attached hydrogen (secondary N) is 3. The maximum absolute atomic E-state index is 12.7. The van der Waals surface area contributed by atoms with Gasteiger partial charge < -0.3 is 20.1 Å². The van der Waals surface area contributed by atoms with Crippen LogP contribution in [0, 0.1) is 6.92 Å². The molecule has 174 valence electrons. The summed E-state index contributed by atoms with van der Waals surface area (Å²) >= 11 is 0. The van der Waals surface area contributed by atoms with Gasteiger partial charge in [0.15, 0.2) is 11.5 Å². The normalized spacial score (nSPS) is 10.4. The van der Waals surface area contributed by atoms with Gasteiger partial charge in [-0.05, 0) is 60.5 Å². The van der Waals surface area contributed by atoms with Gasteiger partial charge in [-0.2, -0.15) is 5.10 Å². The number of amides is 3. The third kappa shape index (κ3) is 6.19. The topological polar surface area (TPSA) is 118 Å². The van der Waals surface area contributed by atoms with Crippen molar-refractivity contribution in [3.8, 4) is 11.5 Å². The maximum Gasteiger partial charge on any atom is 0.329 e. The lowest BCUT2D eigenvalue weighted by Gasteiger charge is -2.11. The number of carbonyl (C=O) groups excluding carboxylic acids is 3. The van der Waals surface area contributed by atoms with Gasteiger partial charge in [0, 0.05) is 5.69 Å². The molecule has 0 aromatic heterocycles. The van der Waals surface area contributed by atoms with Crippen LogP contribution in [0.5, 0.6) is 11.5 Å². The van der Waals surface area contributed by atoms with Crippen molar-refractivity contribution >= 4 is 35.3 Å². The maximum atomic E-state index is 12.7. The molecule has 0 aliphatic heterocycles. The van der Waals surface area contributed by atoms with E-state index in [9.17, 15) is 14.4 Å². The Kier molecular flexibility index (Phi) is 7.96. The van der Waals surface area contributed by atoms with E-state index in [-0.39, 0.29) is 11.3 Å². The van der Waals surface area contributed by atoms with Crippen LogP contribution in [0.15, 0.2) is 71.8 Å². The number of ether oxygens (including phenoxy) is 2. The Morgan fingerprint density at radius 3 is 2.32 bits per heavy atom. The van der Waals surface area contributed by atoms with Crippen molar-refractivity contribution in [1.29, 1.82) is 0 Å². The highest BCUT2D eigenvalue weighted by Gasteiger charge is 2.18. The highest BCUT2D eigenvalue weighted by molar-refractivity contribution is 6.40. The second-order valence-corrected chi connectivity index (χ2v) is 7.14. The smallest absolute Gasteiger partial charge is 0.329 e. The summed E-state index contributed by atoms with van der Waals surface area (Å²) in [5.41, 5.74) is 4.79. The van der Waals surface area contributed by atoms with E-state index in [0.717, 1.165) is 5.56 Å². The molecular formula is C25H24N4O5. The molecule has 3 amide bonds. The minimum atomic E-state index is -0.995. The van der Waals surface area contributed by atoms with Gasteiger partial charge >= 0.3 is 11.8 Å². The van der Waals surface area contributed by atoms with Crippen LogP contribution in [0.2, 0.25) is 0 Å². The fourth-order valence-electron chi connectivity index (χ4n) is 3.04. The molecule has 34 heavy (non-hydrogen) atoms. The predicted octanol–water partition coefficient (Wildman–Crippen LogP) is 3.35. The van der Waals surface area contributed by atoms with Gasteiger partial charge in [-0.3, -0.25) is 14.4 Å². The van der Waals surface area contributed by atoms with Gasteiger partial charge in [-0.1, -0.05) is 24.3 Å². The molecule has 0 saturated heterocycles. The minimum Gasteiger partial charge on any atom is -0.493 e. The van der Waals surface area contributed by atoms with Crippen LogP contribution in [-0.4, -0.2) is 38.2 Å². The fourth-order valence-corrected chi connectivity index (χ4v) is 3.04. The Morgan fingerprint density at radius 1 is 0.824 bits per heavy atom. The van der Waals surface area contributed by atoms with Crippen LogP contribution in [0.4, 0.5) is 11.4 Å². The third-order valence-electron chi connectivity index (χ3n) is 4.69. The zero-order valence-electron chi connectivity index (χ0n) is 18.9. The van der Waals surface area contributed by atoms with Crippen LogP contribution < -0.4 is 25.5 Å². The molecule has 3 N–H and O–H groups in total. The highest BCUT2D eigenvalue weighted by Crippen LogP contribution is 2.26. The molecule has 0 atom stereocenters. The second-order valence-electron chi connectivity index (χ2n) is 7.14. The van der Waals surface area contributed by atoms with Crippen LogP contribution in [-0.2, 0) is 9.59 Å². The first-order chi connectivity index (χ1) is 16.4. The van der Waals surface area contributed by atoms with Crippen molar-refractivity contribution in [2.45, 2.75) is 6.92 Å². The van der Waals surface area contributed by atoms with E-state index in [1.54, 1.807) is 42.5 Å². The standard InChI is InChI=1S/C25H24N4O5/c1-16-7-6-8-18(13-16)27-23(30)19-9-4-5-10-20(19)28-24(31)25(32)29-26-15-17-11-12-21(33-2)22(14-17)34-3/h4-15H,1-3H3,(H,27,30)(H,28,31)(H,29,32)/b26-15+. The number of benzene rings is 3. The zero-order chi connectivity index (χ0) is 24.5. The highest BCUT2D eigenvalue weighted by atomic mass is 16.5. The summed E-state index contributed by atoms with van der Waals surface area (Å²) in [6.07, 6.45) is 1.36. The quantitative estimate of drug-likeness (QED) is 0.284. The average molecular weight is 460 g/mol. The number of carbonyl (C=O) groups is 3. The first-order valence-corrected chi connectivity index (χ1v) is 10.2. The molecular weight excluding hydrogens is 436 g/mol. The lowest BCUT2D eigenvalue weighted by Crippen LogP contribution is -2.33. The molecule has 3 aromatic carbocycles. The van der Waals surface area contributed by atoms with Gasteiger partial charge in [-0.25, -0.2) is 5.43 Å². The average Bonchev–Trinajstić information content (AvgIpc) is 2.84. The lowest BCUT2D eigenvalue weighted by molar-refractivity contribution is -0.136. The number of rotatable bonds is 7. The van der Waals surface area contributed by atoms with Crippen molar-refractivity contribution < 1.29 is 23.9 Å². The van der Waals surface area contributed by atoms with Crippen LogP contribution in [0.25, 0.3) is 0 Å². The molecule has 0 radical (unpaired) electrons. The first-order valence-electron chi connectivity index (χ1n) is 10.2. The Balaban J connectivity index is 1.64. The zero-order valence-corrected chi connectivity index (χ0v) is 18.9. The number of nitrogens with zero attached hydrogens (tertiary/aromatic N) is 1. The summed E-state index contributed by atoms with van der Waals surface area (Å²) in [5, 5.41) is 9.02. The van der Waals surface area contributed by atoms with Gasteiger partial charge in [0.05, 0.1) is 31.7 Å². The lowest BCUT2D eigenvalue weighted by atomic mass is 10.1. The van der Waals surface area contributed by atoms with Gasteiger partial charge in [0.25, 0.3) is 5.91 Å². The molecule has 0 aliphatic carbocycles. The number of para-hydroxylation sites is 1. The van der Waals surface area contributed by atoms with Crippen molar-refractivity contribution in [2.75, 3.05) is 24.9 Å². The van der Waals surface area contributed by atoms with E-state index in [1.807, 2.05) is 25.1 Å². The summed E-state index contributed by atoms with van der Waals surface area (Å²) in [5.74, 6) is -1.34. The van der Waals surface area contributed by atoms with Crippen molar-refractivity contribution in [2.24, 2.45) is 5.10 Å². The molecule has 0 aliphatic rings. The Labute approximate surface area is 196 Å². The monoisotopic (exact) mass is 460 g/mol. The van der Waals surface area contributed by atoms with Crippen molar-refractivity contribution in [3.05, 3.63) is 83.4 Å². The van der Waals surface area contributed by atoms with E-state index < -0.39 is 17.7 Å². The second kappa shape index (κ2) is 11.3. The van der Waals surface area contributed by atoms with Crippen LogP contribution in [0.1, 0.15) is 21.5 Å². The molecule has 0 fully saturated rings. The Hall–Kier alpha value is -4.66. The van der Waals surface area contributed by atoms with Crippen LogP contribution >= 0.6 is 0 Å². The summed E-state index contributed by atoms with van der Waals surface area (Å²) in [6, 6.07) is 18.8. The SMILES string of the molecule is COc1ccc(/C=N/NC(=O)C(=O)Nc2ccccc2C(=O)Nc2cccc(C)c2)cc1OC. The van der Waals surface area contributed by atoms with E-state index in [4.69, 9.17) is 9.47 Å². The summed E-state index contributed by atoms with van der Waals surface area (Å²) in [7, 11) is 3.03. The predicted molar refractivity (Wildman–Crippen MR) is 129 cm³/mol. The molecule has 0 unspecified atom stereocenters. The summed E-state index contributed by atoms with van der Waals surface area (Å²) in [6.45, 7) is 1.91. The summed E-state index contributed by atoms with van der Waals surface area (Å²) < 4.78 is 10.4. The van der Waals surface area contributed by atoms with E-state index in [0.29, 0.717) is 22.7 Å². The number of aryl methyl sites for hydroxylation is 1. The molecule has 3 rings (SSSR count). The molecule has 0 heterocycles. The van der Waals surface area contributed by atoms with E-state index >= 15 is 0 Å². The first kappa shape index (κ1) is 24.0. The molecule has 0 spiro atoms. The third-order valence-corrected chi connectivity index (χ3v) is 4.69. The van der Waals surface area contributed by atoms with Gasteiger partial charge in [0.1, 0.15) is 0 Å². The molecule has 0 bridgehead atoms. The Bertz CT molecular complexity index is 1240. The summed E-state index contributed by atoms with van der Waals surface area (Å²) in [4.78, 5) is 37.3. The molecule has 9 nitrogen and oxygen atoms in total. The largest absolute Gasteiger partial charge is 0.493 e. The van der Waals surface area contributed by atoms with E-state index in [1.165, 1.54) is 26.5 Å². The van der Waals surface area contributed by atoms with Crippen molar-refractivity contribution in [1.82, 2.24) is 5.43 Å². The van der Waals surface area contributed by atoms with Crippen molar-refractivity contribution in [3.63, 3.8) is 0 Å². The van der Waals surface area contributed by atoms with Crippen LogP contribution in [0.3, 0.4) is 0 Å². The number of anilines is 2. The number of methoxy groups -OCH3 is 2. The molecule has 0 saturated carbocycles. The number of hydrazone groups is 1. The Morgan fingerprint density at radius 2 is 1.59 bits per heavy atom. The minimum absolute atomic E-state index is 0.191. The molecule has 9 heteroatoms.